The molecule has 1 fully saturated rings. The van der Waals surface area contributed by atoms with E-state index in [0.717, 1.165) is 13.1 Å². The van der Waals surface area contributed by atoms with Crippen molar-refractivity contribution in [3.8, 4) is 0 Å². The van der Waals surface area contributed by atoms with Crippen LogP contribution < -0.4 is 11.1 Å². The fourth-order valence-electron chi connectivity index (χ4n) is 1.86. The third-order valence-corrected chi connectivity index (χ3v) is 2.62. The molecule has 1 rings (SSSR count). The third kappa shape index (κ3) is 2.95. The summed E-state index contributed by atoms with van der Waals surface area (Å²) in [6.07, 6.45) is 8.19. The smallest absolute Gasteiger partial charge is 0.0280 e. The molecule has 0 bridgehead atoms. The van der Waals surface area contributed by atoms with Gasteiger partial charge in [-0.1, -0.05) is 25.3 Å². The maximum Gasteiger partial charge on any atom is 0.0280 e. The standard InChI is InChI=1S/C10H20N2/c1-2-8-12-9-10(11)6-4-3-5-7-10/h2,12H,1,3-9,11H2. The maximum absolute atomic E-state index is 6.20. The lowest BCUT2D eigenvalue weighted by atomic mass is 9.82. The van der Waals surface area contributed by atoms with Gasteiger partial charge in [0, 0.05) is 18.6 Å². The first-order valence-corrected chi connectivity index (χ1v) is 4.87. The molecule has 12 heavy (non-hydrogen) atoms. The Hall–Kier alpha value is -0.340. The molecule has 0 amide bonds. The monoisotopic (exact) mass is 168 g/mol. The second kappa shape index (κ2) is 4.63. The molecule has 0 aliphatic heterocycles. The Bertz CT molecular complexity index is 137. The normalized spacial score (nSPS) is 22.1. The topological polar surface area (TPSA) is 38.0 Å². The molecule has 0 aromatic heterocycles. The van der Waals surface area contributed by atoms with E-state index in [2.05, 4.69) is 11.9 Å². The molecule has 70 valence electrons. The van der Waals surface area contributed by atoms with Crippen molar-refractivity contribution >= 4 is 0 Å². The molecule has 2 nitrogen and oxygen atoms in total. The lowest BCUT2D eigenvalue weighted by Gasteiger charge is -2.33. The summed E-state index contributed by atoms with van der Waals surface area (Å²) in [5.41, 5.74) is 6.27. The maximum atomic E-state index is 6.20. The third-order valence-electron chi connectivity index (χ3n) is 2.62. The molecule has 1 aliphatic rings. The van der Waals surface area contributed by atoms with Gasteiger partial charge in [-0.25, -0.2) is 0 Å². The van der Waals surface area contributed by atoms with Crippen LogP contribution in [0.1, 0.15) is 32.1 Å². The van der Waals surface area contributed by atoms with Crippen LogP contribution in [0.2, 0.25) is 0 Å². The minimum atomic E-state index is 0.0707. The Kier molecular flexibility index (Phi) is 3.76. The van der Waals surface area contributed by atoms with Crippen LogP contribution in [0.3, 0.4) is 0 Å². The molecule has 0 atom stereocenters. The van der Waals surface area contributed by atoms with Gasteiger partial charge < -0.3 is 11.1 Å². The van der Waals surface area contributed by atoms with Crippen molar-refractivity contribution in [2.45, 2.75) is 37.6 Å². The van der Waals surface area contributed by atoms with E-state index in [4.69, 9.17) is 5.73 Å². The van der Waals surface area contributed by atoms with Crippen molar-refractivity contribution in [1.82, 2.24) is 5.32 Å². The highest BCUT2D eigenvalue weighted by Crippen LogP contribution is 2.24. The van der Waals surface area contributed by atoms with Crippen LogP contribution in [0.25, 0.3) is 0 Å². The molecule has 0 spiro atoms. The highest BCUT2D eigenvalue weighted by atomic mass is 14.9. The lowest BCUT2D eigenvalue weighted by molar-refractivity contribution is 0.287. The van der Waals surface area contributed by atoms with Gasteiger partial charge in [-0.15, -0.1) is 6.58 Å². The molecule has 2 heteroatoms. The summed E-state index contributed by atoms with van der Waals surface area (Å²) in [4.78, 5) is 0. The van der Waals surface area contributed by atoms with Crippen LogP contribution in [-0.4, -0.2) is 18.6 Å². The van der Waals surface area contributed by atoms with Gasteiger partial charge in [0.05, 0.1) is 0 Å². The fourth-order valence-corrected chi connectivity index (χ4v) is 1.86. The second-order valence-corrected chi connectivity index (χ2v) is 3.84. The Balaban J connectivity index is 2.21. The molecule has 0 unspecified atom stereocenters. The van der Waals surface area contributed by atoms with Crippen molar-refractivity contribution in [2.24, 2.45) is 5.73 Å². The van der Waals surface area contributed by atoms with E-state index >= 15 is 0 Å². The molecule has 1 aliphatic carbocycles. The number of nitrogens with two attached hydrogens (primary N) is 1. The van der Waals surface area contributed by atoms with E-state index in [1.807, 2.05) is 6.08 Å². The van der Waals surface area contributed by atoms with E-state index in [0.29, 0.717) is 0 Å². The van der Waals surface area contributed by atoms with Crippen molar-refractivity contribution in [3.63, 3.8) is 0 Å². The first-order chi connectivity index (χ1) is 5.77. The van der Waals surface area contributed by atoms with Gasteiger partial charge in [0.15, 0.2) is 0 Å². The van der Waals surface area contributed by atoms with Gasteiger partial charge in [0.2, 0.25) is 0 Å². The molecule has 0 heterocycles. The minimum Gasteiger partial charge on any atom is -0.324 e. The summed E-state index contributed by atoms with van der Waals surface area (Å²) in [6, 6.07) is 0. The molecule has 1 saturated carbocycles. The zero-order valence-electron chi connectivity index (χ0n) is 7.81. The number of rotatable bonds is 4. The number of nitrogens with one attached hydrogen (secondary N) is 1. The summed E-state index contributed by atoms with van der Waals surface area (Å²) in [6.45, 7) is 5.48. The van der Waals surface area contributed by atoms with Crippen molar-refractivity contribution in [2.75, 3.05) is 13.1 Å². The Morgan fingerprint density at radius 1 is 1.33 bits per heavy atom. The van der Waals surface area contributed by atoms with Gasteiger partial charge in [0.1, 0.15) is 0 Å². The van der Waals surface area contributed by atoms with Crippen LogP contribution in [0.4, 0.5) is 0 Å². The zero-order chi connectivity index (χ0) is 8.86. The van der Waals surface area contributed by atoms with E-state index in [9.17, 15) is 0 Å². The van der Waals surface area contributed by atoms with Crippen molar-refractivity contribution in [1.29, 1.82) is 0 Å². The van der Waals surface area contributed by atoms with Gasteiger partial charge >= 0.3 is 0 Å². The molecule has 0 radical (unpaired) electrons. The van der Waals surface area contributed by atoms with Gasteiger partial charge in [-0.3, -0.25) is 0 Å². The van der Waals surface area contributed by atoms with Gasteiger partial charge in [0.25, 0.3) is 0 Å². The van der Waals surface area contributed by atoms with Crippen LogP contribution >= 0.6 is 0 Å². The van der Waals surface area contributed by atoms with Crippen LogP contribution in [0, 0.1) is 0 Å². The first kappa shape index (κ1) is 9.75. The Labute approximate surface area is 75.2 Å². The predicted molar refractivity (Wildman–Crippen MR) is 53.1 cm³/mol. The van der Waals surface area contributed by atoms with Gasteiger partial charge in [-0.05, 0) is 12.8 Å². The van der Waals surface area contributed by atoms with E-state index in [1.165, 1.54) is 32.1 Å². The summed E-state index contributed by atoms with van der Waals surface area (Å²) in [7, 11) is 0. The average molecular weight is 168 g/mol. The molecule has 0 aromatic rings. The van der Waals surface area contributed by atoms with Crippen molar-refractivity contribution < 1.29 is 0 Å². The van der Waals surface area contributed by atoms with E-state index < -0.39 is 0 Å². The number of hydrogen-bond donors (Lipinski definition) is 2. The van der Waals surface area contributed by atoms with Crippen LogP contribution in [0.5, 0.6) is 0 Å². The van der Waals surface area contributed by atoms with E-state index in [1.54, 1.807) is 0 Å². The number of hydrogen-bond acceptors (Lipinski definition) is 2. The Morgan fingerprint density at radius 3 is 2.58 bits per heavy atom. The highest BCUT2D eigenvalue weighted by molar-refractivity contribution is 4.90. The van der Waals surface area contributed by atoms with Crippen LogP contribution in [-0.2, 0) is 0 Å². The first-order valence-electron chi connectivity index (χ1n) is 4.87. The quantitative estimate of drug-likeness (QED) is 0.492. The molecule has 0 aromatic carbocycles. The molecule has 3 N–H and O–H groups in total. The molecule has 0 saturated heterocycles. The summed E-state index contributed by atoms with van der Waals surface area (Å²) in [5.74, 6) is 0. The summed E-state index contributed by atoms with van der Waals surface area (Å²) in [5, 5.41) is 3.30. The zero-order valence-corrected chi connectivity index (χ0v) is 7.81. The minimum absolute atomic E-state index is 0.0707. The van der Waals surface area contributed by atoms with Crippen molar-refractivity contribution in [3.05, 3.63) is 12.7 Å². The van der Waals surface area contributed by atoms with Gasteiger partial charge in [-0.2, -0.15) is 0 Å². The lowest BCUT2D eigenvalue weighted by Crippen LogP contribution is -2.50. The van der Waals surface area contributed by atoms with E-state index in [-0.39, 0.29) is 5.54 Å². The summed E-state index contributed by atoms with van der Waals surface area (Å²) >= 11 is 0. The van der Waals surface area contributed by atoms with Crippen LogP contribution in [0.15, 0.2) is 12.7 Å². The second-order valence-electron chi connectivity index (χ2n) is 3.84. The SMILES string of the molecule is C=CCNCC1(N)CCCCC1. The largest absolute Gasteiger partial charge is 0.324 e. The summed E-state index contributed by atoms with van der Waals surface area (Å²) < 4.78 is 0. The average Bonchev–Trinajstić information content (AvgIpc) is 2.06. The predicted octanol–water partition coefficient (Wildman–Crippen LogP) is 1.42. The fraction of sp³-hybridized carbons (Fsp3) is 0.800. The molecular formula is C10H20N2. The molecular weight excluding hydrogens is 148 g/mol. The Morgan fingerprint density at radius 2 is 2.00 bits per heavy atom. The highest BCUT2D eigenvalue weighted by Gasteiger charge is 2.26.